The van der Waals surface area contributed by atoms with E-state index in [1.807, 2.05) is 18.2 Å². The highest BCUT2D eigenvalue weighted by Crippen LogP contribution is 2.31. The fourth-order valence-corrected chi connectivity index (χ4v) is 4.17. The standard InChI is InChI=1S/C29H22F3N5O3/c1-40-17-26(38)35-22-10-8-18(9-11-22)24-16-34-37-25(12-13-33-27(24)37)19-4-3-7-23(15-19)36-28(39)20-5-2-6-21(14-20)29(30,31)32/h2-16H,17H2,1H3,(H,35,38)(H,36,39). The molecule has 0 spiro atoms. The second-order valence-electron chi connectivity index (χ2n) is 8.80. The Kier molecular flexibility index (Phi) is 7.30. The summed E-state index contributed by atoms with van der Waals surface area (Å²) >= 11 is 0. The fraction of sp³-hybridized carbons (Fsp3) is 0.103. The van der Waals surface area contributed by atoms with E-state index in [2.05, 4.69) is 20.7 Å². The third kappa shape index (κ3) is 5.69. The van der Waals surface area contributed by atoms with Crippen LogP contribution < -0.4 is 10.6 Å². The molecule has 0 aliphatic carbocycles. The number of anilines is 2. The molecule has 202 valence electrons. The number of carbonyl (C=O) groups excluding carboxylic acids is 2. The molecule has 8 nitrogen and oxygen atoms in total. The Hall–Kier alpha value is -5.03. The molecule has 0 aliphatic heterocycles. The highest BCUT2D eigenvalue weighted by atomic mass is 19.4. The van der Waals surface area contributed by atoms with Crippen molar-refractivity contribution in [1.82, 2.24) is 14.6 Å². The minimum atomic E-state index is -4.55. The lowest BCUT2D eigenvalue weighted by Crippen LogP contribution is -2.16. The number of hydrogen-bond donors (Lipinski definition) is 2. The van der Waals surface area contributed by atoms with Crippen LogP contribution in [0, 0.1) is 0 Å². The topological polar surface area (TPSA) is 97.6 Å². The van der Waals surface area contributed by atoms with Gasteiger partial charge < -0.3 is 15.4 Å². The van der Waals surface area contributed by atoms with Crippen LogP contribution in [0.25, 0.3) is 28.0 Å². The van der Waals surface area contributed by atoms with Gasteiger partial charge in [-0.2, -0.15) is 18.3 Å². The van der Waals surface area contributed by atoms with Crippen LogP contribution in [0.1, 0.15) is 15.9 Å². The van der Waals surface area contributed by atoms with Gasteiger partial charge in [0.2, 0.25) is 5.91 Å². The number of aromatic nitrogens is 3. The van der Waals surface area contributed by atoms with E-state index >= 15 is 0 Å². The minimum absolute atomic E-state index is 0.0430. The van der Waals surface area contributed by atoms with E-state index in [0.29, 0.717) is 28.3 Å². The van der Waals surface area contributed by atoms with Gasteiger partial charge in [0, 0.05) is 41.4 Å². The van der Waals surface area contributed by atoms with Crippen molar-refractivity contribution >= 4 is 28.8 Å². The van der Waals surface area contributed by atoms with Crippen LogP contribution >= 0.6 is 0 Å². The lowest BCUT2D eigenvalue weighted by molar-refractivity contribution is -0.137. The summed E-state index contributed by atoms with van der Waals surface area (Å²) in [6.07, 6.45) is -1.22. The first-order valence-corrected chi connectivity index (χ1v) is 12.0. The SMILES string of the molecule is COCC(=O)Nc1ccc(-c2cnn3c(-c4cccc(NC(=O)c5cccc(C(F)(F)F)c5)c4)ccnc23)cc1. The summed E-state index contributed by atoms with van der Waals surface area (Å²) in [5, 5.41) is 9.92. The Balaban J connectivity index is 1.40. The van der Waals surface area contributed by atoms with E-state index in [9.17, 15) is 22.8 Å². The molecule has 0 saturated heterocycles. The van der Waals surface area contributed by atoms with Crippen LogP contribution in [0.2, 0.25) is 0 Å². The lowest BCUT2D eigenvalue weighted by Gasteiger charge is -2.11. The zero-order chi connectivity index (χ0) is 28.3. The quantitative estimate of drug-likeness (QED) is 0.265. The van der Waals surface area contributed by atoms with E-state index in [-0.39, 0.29) is 18.1 Å². The van der Waals surface area contributed by atoms with Crippen LogP contribution in [0.15, 0.2) is 91.3 Å². The largest absolute Gasteiger partial charge is 0.416 e. The number of halogens is 3. The summed E-state index contributed by atoms with van der Waals surface area (Å²) in [4.78, 5) is 28.9. The number of methoxy groups -OCH3 is 1. The molecule has 0 saturated carbocycles. The van der Waals surface area contributed by atoms with Crippen molar-refractivity contribution in [1.29, 1.82) is 0 Å². The number of ether oxygens (including phenoxy) is 1. The van der Waals surface area contributed by atoms with E-state index in [1.54, 1.807) is 53.3 Å². The molecule has 0 radical (unpaired) electrons. The molecule has 3 aromatic carbocycles. The van der Waals surface area contributed by atoms with Crippen molar-refractivity contribution in [3.63, 3.8) is 0 Å². The summed E-state index contributed by atoms with van der Waals surface area (Å²) < 4.78 is 45.7. The van der Waals surface area contributed by atoms with E-state index in [1.165, 1.54) is 19.2 Å². The summed E-state index contributed by atoms with van der Waals surface area (Å²) in [6, 6.07) is 20.2. The predicted molar refractivity (Wildman–Crippen MR) is 144 cm³/mol. The average Bonchev–Trinajstić information content (AvgIpc) is 3.38. The number of nitrogens with zero attached hydrogens (tertiary/aromatic N) is 3. The first kappa shape index (κ1) is 26.6. The molecule has 0 aliphatic rings. The number of fused-ring (bicyclic) bond motifs is 1. The molecule has 0 atom stereocenters. The van der Waals surface area contributed by atoms with E-state index in [4.69, 9.17) is 4.74 Å². The van der Waals surface area contributed by atoms with Crippen LogP contribution in [0.4, 0.5) is 24.5 Å². The van der Waals surface area contributed by atoms with Gasteiger partial charge in [-0.1, -0.05) is 30.3 Å². The first-order chi connectivity index (χ1) is 19.2. The predicted octanol–water partition coefficient (Wildman–Crippen LogP) is 5.92. The van der Waals surface area contributed by atoms with Gasteiger partial charge in [-0.05, 0) is 54.1 Å². The summed E-state index contributed by atoms with van der Waals surface area (Å²) in [7, 11) is 1.45. The third-order valence-corrected chi connectivity index (χ3v) is 6.02. The second-order valence-corrected chi connectivity index (χ2v) is 8.80. The molecule has 0 fully saturated rings. The van der Waals surface area contributed by atoms with Gasteiger partial charge in [-0.25, -0.2) is 9.50 Å². The molecule has 40 heavy (non-hydrogen) atoms. The second kappa shape index (κ2) is 11.0. The zero-order valence-corrected chi connectivity index (χ0v) is 21.1. The van der Waals surface area contributed by atoms with Crippen molar-refractivity contribution in [2.45, 2.75) is 6.18 Å². The summed E-state index contributed by atoms with van der Waals surface area (Å²) in [5.41, 5.74) is 3.63. The van der Waals surface area contributed by atoms with Crippen molar-refractivity contribution in [2.24, 2.45) is 0 Å². The van der Waals surface area contributed by atoms with E-state index < -0.39 is 17.6 Å². The number of alkyl halides is 3. The molecule has 0 bridgehead atoms. The molecule has 5 aromatic rings. The number of amides is 2. The highest BCUT2D eigenvalue weighted by Gasteiger charge is 2.31. The smallest absolute Gasteiger partial charge is 0.375 e. The van der Waals surface area contributed by atoms with Gasteiger partial charge in [0.15, 0.2) is 5.65 Å². The van der Waals surface area contributed by atoms with E-state index in [0.717, 1.165) is 23.3 Å². The molecule has 2 aromatic heterocycles. The van der Waals surface area contributed by atoms with Crippen LogP contribution in [0.5, 0.6) is 0 Å². The normalized spacial score (nSPS) is 11.4. The summed E-state index contributed by atoms with van der Waals surface area (Å²) in [5.74, 6) is -0.919. The fourth-order valence-electron chi connectivity index (χ4n) is 4.17. The van der Waals surface area contributed by atoms with Gasteiger partial charge in [0.25, 0.3) is 5.91 Å². The van der Waals surface area contributed by atoms with Crippen molar-refractivity contribution in [2.75, 3.05) is 24.4 Å². The Morgan fingerprint density at radius 2 is 1.68 bits per heavy atom. The first-order valence-electron chi connectivity index (χ1n) is 12.0. The Bertz CT molecular complexity index is 1700. The highest BCUT2D eigenvalue weighted by molar-refractivity contribution is 6.04. The van der Waals surface area contributed by atoms with Gasteiger partial charge >= 0.3 is 6.18 Å². The molecule has 5 rings (SSSR count). The number of carbonyl (C=O) groups is 2. The van der Waals surface area contributed by atoms with Gasteiger partial charge in [0.05, 0.1) is 17.5 Å². The number of hydrogen-bond acceptors (Lipinski definition) is 5. The molecular weight excluding hydrogens is 523 g/mol. The molecule has 2 heterocycles. The monoisotopic (exact) mass is 545 g/mol. The van der Waals surface area contributed by atoms with Crippen LogP contribution in [-0.4, -0.2) is 40.1 Å². The average molecular weight is 546 g/mol. The van der Waals surface area contributed by atoms with Crippen LogP contribution in [0.3, 0.4) is 0 Å². The Morgan fingerprint density at radius 1 is 0.900 bits per heavy atom. The lowest BCUT2D eigenvalue weighted by atomic mass is 10.1. The van der Waals surface area contributed by atoms with Gasteiger partial charge in [-0.15, -0.1) is 0 Å². The maximum absolute atomic E-state index is 13.1. The molecular formula is C29H22F3N5O3. The number of benzene rings is 3. The van der Waals surface area contributed by atoms with Crippen molar-refractivity contribution < 1.29 is 27.5 Å². The Labute approximate surface area is 226 Å². The number of rotatable bonds is 7. The molecule has 0 unspecified atom stereocenters. The maximum Gasteiger partial charge on any atom is 0.416 e. The third-order valence-electron chi connectivity index (χ3n) is 6.02. The van der Waals surface area contributed by atoms with Crippen molar-refractivity contribution in [3.05, 3.63) is 102 Å². The Morgan fingerprint density at radius 3 is 2.42 bits per heavy atom. The van der Waals surface area contributed by atoms with Crippen molar-refractivity contribution in [3.8, 4) is 22.4 Å². The minimum Gasteiger partial charge on any atom is -0.375 e. The molecule has 2 amide bonds. The molecule has 11 heteroatoms. The van der Waals surface area contributed by atoms with Gasteiger partial charge in [-0.3, -0.25) is 9.59 Å². The molecule has 2 N–H and O–H groups in total. The van der Waals surface area contributed by atoms with Gasteiger partial charge in [0.1, 0.15) is 6.61 Å². The zero-order valence-electron chi connectivity index (χ0n) is 21.1. The number of nitrogens with one attached hydrogen (secondary N) is 2. The summed E-state index contributed by atoms with van der Waals surface area (Å²) in [6.45, 7) is -0.0430. The maximum atomic E-state index is 13.1. The van der Waals surface area contributed by atoms with Crippen LogP contribution in [-0.2, 0) is 15.7 Å².